The molecule has 1 heterocycles. The van der Waals surface area contributed by atoms with Crippen LogP contribution in [0, 0.1) is 11.8 Å². The third kappa shape index (κ3) is 5.54. The molecule has 1 aliphatic rings. The van der Waals surface area contributed by atoms with Gasteiger partial charge in [-0.05, 0) is 30.0 Å². The fourth-order valence-corrected chi connectivity index (χ4v) is 4.09. The summed E-state index contributed by atoms with van der Waals surface area (Å²) in [4.78, 5) is 28.9. The molecular formula is C25H29N3O3. The lowest BCUT2D eigenvalue weighted by Crippen LogP contribution is -2.50. The maximum absolute atomic E-state index is 13.4. The first-order valence-electron chi connectivity index (χ1n) is 10.5. The SMILES string of the molecule is CC(CC(=O)C1C=CC=CC1(NCc1ccccn1)c1ccccc1)CC(N)C(=O)O. The molecule has 0 spiro atoms. The van der Waals surface area contributed by atoms with Gasteiger partial charge in [-0.1, -0.05) is 67.6 Å². The topological polar surface area (TPSA) is 105 Å². The molecule has 31 heavy (non-hydrogen) atoms. The first-order chi connectivity index (χ1) is 14.9. The number of pyridine rings is 1. The number of carboxylic acids is 1. The average Bonchev–Trinajstić information content (AvgIpc) is 2.79. The van der Waals surface area contributed by atoms with Crippen LogP contribution in [0.4, 0.5) is 0 Å². The van der Waals surface area contributed by atoms with E-state index in [1.807, 2.05) is 79.8 Å². The third-order valence-corrected chi connectivity index (χ3v) is 5.67. The van der Waals surface area contributed by atoms with Gasteiger partial charge >= 0.3 is 5.97 Å². The number of allylic oxidation sites excluding steroid dienone is 2. The Labute approximate surface area is 182 Å². The standard InChI is InChI=1S/C25H29N3O3/c1-18(15-22(26)24(30)31)16-23(29)21-12-5-7-13-25(21,19-9-3-2-4-10-19)28-17-20-11-6-8-14-27-20/h2-14,18,21-22,28H,15-17,26H2,1H3,(H,30,31). The van der Waals surface area contributed by atoms with Crippen molar-refractivity contribution in [1.82, 2.24) is 10.3 Å². The van der Waals surface area contributed by atoms with Crippen LogP contribution >= 0.6 is 0 Å². The predicted molar refractivity (Wildman–Crippen MR) is 120 cm³/mol. The molecule has 4 N–H and O–H groups in total. The molecule has 4 atom stereocenters. The van der Waals surface area contributed by atoms with Crippen LogP contribution in [-0.2, 0) is 21.7 Å². The van der Waals surface area contributed by atoms with Gasteiger partial charge in [-0.3, -0.25) is 19.9 Å². The first-order valence-corrected chi connectivity index (χ1v) is 10.5. The molecule has 0 saturated carbocycles. The van der Waals surface area contributed by atoms with Gasteiger partial charge in [0.1, 0.15) is 11.8 Å². The van der Waals surface area contributed by atoms with Crippen molar-refractivity contribution < 1.29 is 14.7 Å². The van der Waals surface area contributed by atoms with Gasteiger partial charge in [0.15, 0.2) is 0 Å². The van der Waals surface area contributed by atoms with Gasteiger partial charge in [-0.15, -0.1) is 0 Å². The lowest BCUT2D eigenvalue weighted by atomic mass is 9.71. The Morgan fingerprint density at radius 2 is 1.90 bits per heavy atom. The molecule has 0 radical (unpaired) electrons. The molecule has 6 heteroatoms. The van der Waals surface area contributed by atoms with Crippen LogP contribution in [0.3, 0.4) is 0 Å². The van der Waals surface area contributed by atoms with Crippen LogP contribution in [-0.4, -0.2) is 27.9 Å². The van der Waals surface area contributed by atoms with Gasteiger partial charge in [0.2, 0.25) is 0 Å². The van der Waals surface area contributed by atoms with Crippen LogP contribution in [0.15, 0.2) is 79.0 Å². The minimum absolute atomic E-state index is 0.0445. The van der Waals surface area contributed by atoms with Crippen LogP contribution in [0.2, 0.25) is 0 Å². The monoisotopic (exact) mass is 419 g/mol. The molecule has 0 bridgehead atoms. The molecule has 3 rings (SSSR count). The summed E-state index contributed by atoms with van der Waals surface area (Å²) in [6.07, 6.45) is 10.0. The van der Waals surface area contributed by atoms with Gasteiger partial charge in [0.25, 0.3) is 0 Å². The maximum Gasteiger partial charge on any atom is 0.320 e. The van der Waals surface area contributed by atoms with Crippen molar-refractivity contribution in [2.45, 2.75) is 37.9 Å². The number of benzene rings is 1. The van der Waals surface area contributed by atoms with Gasteiger partial charge < -0.3 is 10.8 Å². The summed E-state index contributed by atoms with van der Waals surface area (Å²) >= 11 is 0. The highest BCUT2D eigenvalue weighted by Crippen LogP contribution is 2.37. The number of carbonyl (C=O) groups is 2. The van der Waals surface area contributed by atoms with E-state index in [4.69, 9.17) is 10.8 Å². The van der Waals surface area contributed by atoms with E-state index in [-0.39, 0.29) is 24.5 Å². The number of nitrogens with one attached hydrogen (secondary N) is 1. The molecular weight excluding hydrogens is 390 g/mol. The summed E-state index contributed by atoms with van der Waals surface area (Å²) < 4.78 is 0. The molecule has 2 aromatic rings. The van der Waals surface area contributed by atoms with E-state index in [1.54, 1.807) is 6.20 Å². The predicted octanol–water partition coefficient (Wildman–Crippen LogP) is 3.21. The molecule has 0 fully saturated rings. The molecule has 1 aromatic carbocycles. The molecule has 1 aliphatic carbocycles. The van der Waals surface area contributed by atoms with Gasteiger partial charge in [-0.2, -0.15) is 0 Å². The number of aliphatic carboxylic acids is 1. The Morgan fingerprint density at radius 1 is 1.16 bits per heavy atom. The number of rotatable bonds is 10. The largest absolute Gasteiger partial charge is 0.480 e. The van der Waals surface area contributed by atoms with Gasteiger partial charge in [0, 0.05) is 19.2 Å². The van der Waals surface area contributed by atoms with E-state index in [1.165, 1.54) is 0 Å². The van der Waals surface area contributed by atoms with Crippen molar-refractivity contribution in [1.29, 1.82) is 0 Å². The number of nitrogens with zero attached hydrogens (tertiary/aromatic N) is 1. The summed E-state index contributed by atoms with van der Waals surface area (Å²) in [5.41, 5.74) is 6.82. The lowest BCUT2D eigenvalue weighted by Gasteiger charge is -2.40. The fourth-order valence-electron chi connectivity index (χ4n) is 4.09. The average molecular weight is 420 g/mol. The Balaban J connectivity index is 1.86. The Kier molecular flexibility index (Phi) is 7.50. The molecule has 0 saturated heterocycles. The second kappa shape index (κ2) is 10.3. The smallest absolute Gasteiger partial charge is 0.320 e. The van der Waals surface area contributed by atoms with E-state index in [0.717, 1.165) is 11.3 Å². The third-order valence-electron chi connectivity index (χ3n) is 5.67. The lowest BCUT2D eigenvalue weighted by molar-refractivity contribution is -0.139. The van der Waals surface area contributed by atoms with Gasteiger partial charge in [0.05, 0.1) is 17.2 Å². The van der Waals surface area contributed by atoms with E-state index in [2.05, 4.69) is 10.3 Å². The fraction of sp³-hybridized carbons (Fsp3) is 0.320. The van der Waals surface area contributed by atoms with Crippen molar-refractivity contribution in [2.24, 2.45) is 17.6 Å². The summed E-state index contributed by atoms with van der Waals surface area (Å²) in [6.45, 7) is 2.37. The number of ketones is 1. The number of aromatic nitrogens is 1. The second-order valence-electron chi connectivity index (χ2n) is 8.09. The quantitative estimate of drug-likeness (QED) is 0.546. The highest BCUT2D eigenvalue weighted by molar-refractivity contribution is 5.85. The zero-order valence-electron chi connectivity index (χ0n) is 17.6. The Bertz CT molecular complexity index is 943. The highest BCUT2D eigenvalue weighted by atomic mass is 16.4. The van der Waals surface area contributed by atoms with Crippen LogP contribution in [0.1, 0.15) is 31.0 Å². The van der Waals surface area contributed by atoms with E-state index < -0.39 is 23.5 Å². The number of carboxylic acid groups (broad SMARTS) is 1. The molecule has 4 unspecified atom stereocenters. The highest BCUT2D eigenvalue weighted by Gasteiger charge is 2.42. The van der Waals surface area contributed by atoms with Gasteiger partial charge in [-0.25, -0.2) is 0 Å². The van der Waals surface area contributed by atoms with Crippen molar-refractivity contribution in [3.63, 3.8) is 0 Å². The molecule has 162 valence electrons. The molecule has 1 aromatic heterocycles. The van der Waals surface area contributed by atoms with Crippen molar-refractivity contribution >= 4 is 11.8 Å². The van der Waals surface area contributed by atoms with Crippen molar-refractivity contribution in [2.75, 3.05) is 0 Å². The number of hydrogen-bond donors (Lipinski definition) is 3. The summed E-state index contributed by atoms with van der Waals surface area (Å²) in [5, 5.41) is 12.7. The summed E-state index contributed by atoms with van der Waals surface area (Å²) in [7, 11) is 0. The molecule has 0 amide bonds. The molecule has 0 aliphatic heterocycles. The second-order valence-corrected chi connectivity index (χ2v) is 8.09. The zero-order valence-corrected chi connectivity index (χ0v) is 17.6. The summed E-state index contributed by atoms with van der Waals surface area (Å²) in [5.74, 6) is -1.58. The Hall–Kier alpha value is -3.09. The summed E-state index contributed by atoms with van der Waals surface area (Å²) in [6, 6.07) is 14.7. The minimum atomic E-state index is -1.05. The van der Waals surface area contributed by atoms with Crippen LogP contribution in [0.25, 0.3) is 0 Å². The van der Waals surface area contributed by atoms with E-state index in [9.17, 15) is 9.59 Å². The Morgan fingerprint density at radius 3 is 2.58 bits per heavy atom. The van der Waals surface area contributed by atoms with Crippen molar-refractivity contribution in [3.05, 3.63) is 90.3 Å². The van der Waals surface area contributed by atoms with E-state index in [0.29, 0.717) is 6.54 Å². The number of carbonyl (C=O) groups excluding carboxylic acids is 1. The van der Waals surface area contributed by atoms with Crippen LogP contribution < -0.4 is 11.1 Å². The zero-order chi connectivity index (χ0) is 22.3. The number of Topliss-reactive ketones (excluding diaryl/α,β-unsaturated/α-hetero) is 1. The van der Waals surface area contributed by atoms with Crippen LogP contribution in [0.5, 0.6) is 0 Å². The number of hydrogen-bond acceptors (Lipinski definition) is 5. The maximum atomic E-state index is 13.4. The number of nitrogens with two attached hydrogens (primary N) is 1. The minimum Gasteiger partial charge on any atom is -0.480 e. The normalized spacial score (nSPS) is 22.1. The molecule has 6 nitrogen and oxygen atoms in total. The van der Waals surface area contributed by atoms with Crippen molar-refractivity contribution in [3.8, 4) is 0 Å². The van der Waals surface area contributed by atoms with E-state index >= 15 is 0 Å². The first kappa shape index (κ1) is 22.6.